The van der Waals surface area contributed by atoms with Gasteiger partial charge in [0, 0.05) is 43.0 Å². The molecule has 1 aliphatic rings. The number of amides is 1. The molecule has 0 saturated carbocycles. The van der Waals surface area contributed by atoms with Crippen molar-refractivity contribution in [2.24, 2.45) is 0 Å². The van der Waals surface area contributed by atoms with Gasteiger partial charge in [0.25, 0.3) is 5.91 Å². The van der Waals surface area contributed by atoms with E-state index < -0.39 is 0 Å². The van der Waals surface area contributed by atoms with Crippen LogP contribution in [-0.2, 0) is 0 Å². The Labute approximate surface area is 151 Å². The van der Waals surface area contributed by atoms with Gasteiger partial charge in [-0.15, -0.1) is 0 Å². The van der Waals surface area contributed by atoms with Crippen molar-refractivity contribution in [2.75, 3.05) is 43.4 Å². The molecule has 7 heteroatoms. The highest BCUT2D eigenvalue weighted by Crippen LogP contribution is 2.30. The normalized spacial score (nSPS) is 15.4. The summed E-state index contributed by atoms with van der Waals surface area (Å²) in [6.45, 7) is 3.77. The van der Waals surface area contributed by atoms with Crippen LogP contribution in [-0.4, -0.2) is 49.0 Å². The summed E-state index contributed by atoms with van der Waals surface area (Å²) in [5.41, 5.74) is 2.13. The molecule has 0 spiro atoms. The molecule has 1 saturated heterocycles. The van der Waals surface area contributed by atoms with Crippen molar-refractivity contribution in [3.05, 3.63) is 52.3 Å². The van der Waals surface area contributed by atoms with E-state index >= 15 is 0 Å². The number of nitrogens with zero attached hydrogens (tertiary/aromatic N) is 3. The molecule has 1 aliphatic heterocycles. The van der Waals surface area contributed by atoms with Crippen LogP contribution in [0.1, 0.15) is 10.4 Å². The fourth-order valence-electron chi connectivity index (χ4n) is 2.67. The quantitative estimate of drug-likeness (QED) is 0.848. The number of anilines is 2. The number of likely N-dealkylation sites (N-methyl/N-ethyl adjacent to an activating group) is 1. The van der Waals surface area contributed by atoms with E-state index in [-0.39, 0.29) is 11.1 Å². The van der Waals surface area contributed by atoms with Crippen LogP contribution in [0, 0.1) is 0 Å². The summed E-state index contributed by atoms with van der Waals surface area (Å²) >= 11 is 12.0. The lowest BCUT2D eigenvalue weighted by atomic mass is 10.2. The molecule has 0 atom stereocenters. The van der Waals surface area contributed by atoms with Gasteiger partial charge < -0.3 is 15.1 Å². The van der Waals surface area contributed by atoms with Crippen molar-refractivity contribution in [3.8, 4) is 0 Å². The third-order valence-electron chi connectivity index (χ3n) is 4.04. The largest absolute Gasteiger partial charge is 0.367 e. The Hall–Kier alpha value is -1.82. The van der Waals surface area contributed by atoms with E-state index in [9.17, 15) is 4.79 Å². The van der Waals surface area contributed by atoms with Crippen molar-refractivity contribution in [1.82, 2.24) is 9.88 Å². The average molecular weight is 365 g/mol. The van der Waals surface area contributed by atoms with Gasteiger partial charge in [0.05, 0.1) is 11.4 Å². The van der Waals surface area contributed by atoms with Gasteiger partial charge in [-0.1, -0.05) is 23.2 Å². The van der Waals surface area contributed by atoms with E-state index in [2.05, 4.69) is 27.1 Å². The second kappa shape index (κ2) is 7.38. The fourth-order valence-corrected chi connectivity index (χ4v) is 3.02. The summed E-state index contributed by atoms with van der Waals surface area (Å²) < 4.78 is 0. The third-order valence-corrected chi connectivity index (χ3v) is 4.48. The minimum atomic E-state index is -0.239. The number of carbonyl (C=O) groups excluding carboxylic acids is 1. The molecule has 5 nitrogen and oxygen atoms in total. The number of piperazine rings is 1. The van der Waals surface area contributed by atoms with Crippen LogP contribution in [0.25, 0.3) is 0 Å². The zero-order valence-electron chi connectivity index (χ0n) is 13.3. The molecule has 2 aromatic rings. The van der Waals surface area contributed by atoms with Crippen LogP contribution < -0.4 is 10.2 Å². The van der Waals surface area contributed by atoms with E-state index in [0.717, 1.165) is 31.9 Å². The Morgan fingerprint density at radius 2 is 1.88 bits per heavy atom. The summed E-state index contributed by atoms with van der Waals surface area (Å²) in [4.78, 5) is 20.9. The van der Waals surface area contributed by atoms with Crippen molar-refractivity contribution in [2.45, 2.75) is 0 Å². The molecule has 0 bridgehead atoms. The molecule has 1 aromatic heterocycles. The molecule has 0 aliphatic carbocycles. The van der Waals surface area contributed by atoms with Gasteiger partial charge in [0.2, 0.25) is 0 Å². The first-order valence-corrected chi connectivity index (χ1v) is 8.44. The Kier molecular flexibility index (Phi) is 5.23. The van der Waals surface area contributed by atoms with Crippen molar-refractivity contribution in [1.29, 1.82) is 0 Å². The number of hydrogen-bond acceptors (Lipinski definition) is 4. The number of hydrogen-bond donors (Lipinski definition) is 1. The standard InChI is InChI=1S/C17H18Cl2N4O/c1-22-6-8-23(9-7-22)15-3-2-13(18)11-14(15)21-17(24)12-4-5-20-16(19)10-12/h2-5,10-11H,6-9H2,1H3,(H,21,24). The summed E-state index contributed by atoms with van der Waals surface area (Å²) in [5.74, 6) is -0.239. The van der Waals surface area contributed by atoms with Crippen LogP contribution in [0.3, 0.4) is 0 Å². The number of benzene rings is 1. The van der Waals surface area contributed by atoms with Crippen molar-refractivity contribution >= 4 is 40.5 Å². The molecule has 0 radical (unpaired) electrons. The molecule has 24 heavy (non-hydrogen) atoms. The van der Waals surface area contributed by atoms with Crippen molar-refractivity contribution in [3.63, 3.8) is 0 Å². The summed E-state index contributed by atoms with van der Waals surface area (Å²) in [5, 5.41) is 3.80. The van der Waals surface area contributed by atoms with E-state index in [1.807, 2.05) is 12.1 Å². The van der Waals surface area contributed by atoms with E-state index in [4.69, 9.17) is 23.2 Å². The molecular weight excluding hydrogens is 347 g/mol. The monoisotopic (exact) mass is 364 g/mol. The van der Waals surface area contributed by atoms with Crippen LogP contribution >= 0.6 is 23.2 Å². The minimum Gasteiger partial charge on any atom is -0.367 e. The lowest BCUT2D eigenvalue weighted by Crippen LogP contribution is -2.44. The molecule has 1 N–H and O–H groups in total. The molecule has 126 valence electrons. The highest BCUT2D eigenvalue weighted by Gasteiger charge is 2.19. The van der Waals surface area contributed by atoms with Gasteiger partial charge in [0.15, 0.2) is 0 Å². The molecule has 3 rings (SSSR count). The Bertz CT molecular complexity index is 745. The molecule has 0 unspecified atom stereocenters. The summed E-state index contributed by atoms with van der Waals surface area (Å²) in [6.07, 6.45) is 1.51. The number of pyridine rings is 1. The predicted octanol–water partition coefficient (Wildman–Crippen LogP) is 3.39. The number of nitrogens with one attached hydrogen (secondary N) is 1. The Morgan fingerprint density at radius 1 is 1.12 bits per heavy atom. The van der Waals surface area contributed by atoms with E-state index in [1.54, 1.807) is 12.1 Å². The fraction of sp³-hybridized carbons (Fsp3) is 0.294. The second-order valence-corrected chi connectivity index (χ2v) is 6.60. The topological polar surface area (TPSA) is 48.5 Å². The van der Waals surface area contributed by atoms with Crippen LogP contribution in [0.15, 0.2) is 36.5 Å². The maximum Gasteiger partial charge on any atom is 0.255 e. The van der Waals surface area contributed by atoms with Gasteiger partial charge in [-0.3, -0.25) is 4.79 Å². The first kappa shape index (κ1) is 17.0. The zero-order chi connectivity index (χ0) is 17.1. The Morgan fingerprint density at radius 3 is 2.58 bits per heavy atom. The number of halogens is 2. The molecule has 1 aromatic carbocycles. The highest BCUT2D eigenvalue weighted by molar-refractivity contribution is 6.31. The molecular formula is C17H18Cl2N4O. The second-order valence-electron chi connectivity index (χ2n) is 5.77. The lowest BCUT2D eigenvalue weighted by Gasteiger charge is -2.35. The number of rotatable bonds is 3. The summed E-state index contributed by atoms with van der Waals surface area (Å²) in [7, 11) is 2.11. The van der Waals surface area contributed by atoms with Gasteiger partial charge >= 0.3 is 0 Å². The number of aromatic nitrogens is 1. The van der Waals surface area contributed by atoms with Crippen LogP contribution in [0.2, 0.25) is 10.2 Å². The van der Waals surface area contributed by atoms with Crippen LogP contribution in [0.4, 0.5) is 11.4 Å². The molecule has 2 heterocycles. The minimum absolute atomic E-state index is 0.239. The Balaban J connectivity index is 1.84. The maximum atomic E-state index is 12.5. The highest BCUT2D eigenvalue weighted by atomic mass is 35.5. The summed E-state index contributed by atoms with van der Waals surface area (Å²) in [6, 6.07) is 8.73. The third kappa shape index (κ3) is 3.98. The first-order valence-electron chi connectivity index (χ1n) is 7.69. The van der Waals surface area contributed by atoms with Gasteiger partial charge in [-0.2, -0.15) is 0 Å². The average Bonchev–Trinajstić information content (AvgIpc) is 2.56. The number of carbonyl (C=O) groups is 1. The predicted molar refractivity (Wildman–Crippen MR) is 98.4 cm³/mol. The SMILES string of the molecule is CN1CCN(c2ccc(Cl)cc2NC(=O)c2ccnc(Cl)c2)CC1. The smallest absolute Gasteiger partial charge is 0.255 e. The zero-order valence-corrected chi connectivity index (χ0v) is 14.8. The van der Waals surface area contributed by atoms with E-state index in [1.165, 1.54) is 12.3 Å². The van der Waals surface area contributed by atoms with Gasteiger partial charge in [-0.25, -0.2) is 4.98 Å². The van der Waals surface area contributed by atoms with Crippen LogP contribution in [0.5, 0.6) is 0 Å². The van der Waals surface area contributed by atoms with Gasteiger partial charge in [0.1, 0.15) is 5.15 Å². The maximum absolute atomic E-state index is 12.5. The van der Waals surface area contributed by atoms with E-state index in [0.29, 0.717) is 16.3 Å². The lowest BCUT2D eigenvalue weighted by molar-refractivity contribution is 0.102. The molecule has 1 fully saturated rings. The molecule has 1 amide bonds. The first-order chi connectivity index (χ1) is 11.5. The van der Waals surface area contributed by atoms with Gasteiger partial charge in [-0.05, 0) is 37.4 Å². The van der Waals surface area contributed by atoms with Crippen molar-refractivity contribution < 1.29 is 4.79 Å².